The standard InChI is InChI=1S/C12H25N3O/c1-6-12(2,3)15-8-7-10(9-15)13-11(16)14(4)5/h10H,6-9H2,1-5H3,(H,13,16)/t10-/m1/s1. The number of hydrogen-bond acceptors (Lipinski definition) is 2. The predicted molar refractivity (Wildman–Crippen MR) is 66.6 cm³/mol. The number of urea groups is 1. The third kappa shape index (κ3) is 3.11. The number of nitrogens with one attached hydrogen (secondary N) is 1. The first-order chi connectivity index (χ1) is 7.36. The van der Waals surface area contributed by atoms with Gasteiger partial charge in [-0.1, -0.05) is 6.92 Å². The van der Waals surface area contributed by atoms with Gasteiger partial charge >= 0.3 is 6.03 Å². The van der Waals surface area contributed by atoms with Gasteiger partial charge in [0.15, 0.2) is 0 Å². The van der Waals surface area contributed by atoms with E-state index in [4.69, 9.17) is 0 Å². The summed E-state index contributed by atoms with van der Waals surface area (Å²) in [5.74, 6) is 0. The molecule has 1 N–H and O–H groups in total. The molecule has 0 aromatic carbocycles. The van der Waals surface area contributed by atoms with E-state index in [1.807, 2.05) is 0 Å². The molecule has 1 saturated heterocycles. The van der Waals surface area contributed by atoms with Crippen molar-refractivity contribution in [1.82, 2.24) is 15.1 Å². The van der Waals surface area contributed by atoms with Gasteiger partial charge in [0.2, 0.25) is 0 Å². The van der Waals surface area contributed by atoms with Crippen LogP contribution in [0.4, 0.5) is 4.79 Å². The fourth-order valence-corrected chi connectivity index (χ4v) is 1.96. The maximum absolute atomic E-state index is 11.5. The molecule has 0 radical (unpaired) electrons. The minimum Gasteiger partial charge on any atom is -0.334 e. The molecule has 2 amide bonds. The molecule has 4 heteroatoms. The van der Waals surface area contributed by atoms with Crippen LogP contribution in [0.25, 0.3) is 0 Å². The SMILES string of the molecule is CCC(C)(C)N1CC[C@@H](NC(=O)N(C)C)C1. The Balaban J connectivity index is 2.44. The van der Waals surface area contributed by atoms with Crippen LogP contribution in [0, 0.1) is 0 Å². The smallest absolute Gasteiger partial charge is 0.317 e. The van der Waals surface area contributed by atoms with Crippen LogP contribution in [-0.2, 0) is 0 Å². The molecule has 0 aromatic rings. The Bertz CT molecular complexity index is 251. The third-order valence-corrected chi connectivity index (χ3v) is 3.64. The molecule has 1 aliphatic heterocycles. The van der Waals surface area contributed by atoms with Gasteiger partial charge in [-0.15, -0.1) is 0 Å². The number of likely N-dealkylation sites (tertiary alicyclic amines) is 1. The van der Waals surface area contributed by atoms with Crippen LogP contribution in [0.2, 0.25) is 0 Å². The van der Waals surface area contributed by atoms with Crippen LogP contribution in [0.15, 0.2) is 0 Å². The number of hydrogen-bond donors (Lipinski definition) is 1. The first-order valence-electron chi connectivity index (χ1n) is 6.09. The molecule has 16 heavy (non-hydrogen) atoms. The van der Waals surface area contributed by atoms with Crippen molar-refractivity contribution in [2.24, 2.45) is 0 Å². The first kappa shape index (κ1) is 13.3. The van der Waals surface area contributed by atoms with E-state index in [0.29, 0.717) is 6.04 Å². The Kier molecular flexibility index (Phi) is 4.19. The zero-order valence-corrected chi connectivity index (χ0v) is 11.2. The van der Waals surface area contributed by atoms with Crippen LogP contribution in [-0.4, -0.2) is 54.6 Å². The van der Waals surface area contributed by atoms with Crippen LogP contribution in [0.1, 0.15) is 33.6 Å². The van der Waals surface area contributed by atoms with Crippen molar-refractivity contribution >= 4 is 6.03 Å². The zero-order chi connectivity index (χ0) is 12.3. The lowest BCUT2D eigenvalue weighted by molar-refractivity contribution is 0.145. The van der Waals surface area contributed by atoms with Gasteiger partial charge in [0, 0.05) is 38.8 Å². The molecule has 94 valence electrons. The highest BCUT2D eigenvalue weighted by Crippen LogP contribution is 2.23. The van der Waals surface area contributed by atoms with Crippen LogP contribution >= 0.6 is 0 Å². The second-order valence-electron chi connectivity index (χ2n) is 5.44. The molecule has 1 fully saturated rings. The summed E-state index contributed by atoms with van der Waals surface area (Å²) in [4.78, 5) is 15.6. The molecular formula is C12H25N3O. The van der Waals surface area contributed by atoms with Crippen LogP contribution in [0.3, 0.4) is 0 Å². The molecule has 1 heterocycles. The zero-order valence-electron chi connectivity index (χ0n) is 11.2. The minimum atomic E-state index is 0.0150. The molecule has 1 atom stereocenters. The number of amides is 2. The average Bonchev–Trinajstić information content (AvgIpc) is 2.66. The second-order valence-corrected chi connectivity index (χ2v) is 5.44. The monoisotopic (exact) mass is 227 g/mol. The maximum atomic E-state index is 11.5. The Labute approximate surface area is 99.0 Å². The highest BCUT2D eigenvalue weighted by atomic mass is 16.2. The molecule has 0 spiro atoms. The number of carbonyl (C=O) groups excluding carboxylic acids is 1. The van der Waals surface area contributed by atoms with Gasteiger partial charge in [-0.2, -0.15) is 0 Å². The van der Waals surface area contributed by atoms with Gasteiger partial charge in [0.25, 0.3) is 0 Å². The van der Waals surface area contributed by atoms with Crippen molar-refractivity contribution in [3.63, 3.8) is 0 Å². The molecule has 1 aliphatic rings. The second kappa shape index (κ2) is 5.04. The Hall–Kier alpha value is -0.770. The number of carbonyl (C=O) groups is 1. The molecule has 0 aliphatic carbocycles. The lowest BCUT2D eigenvalue weighted by Crippen LogP contribution is -2.46. The van der Waals surface area contributed by atoms with E-state index in [2.05, 4.69) is 31.0 Å². The molecule has 0 aromatic heterocycles. The lowest BCUT2D eigenvalue weighted by atomic mass is 10.0. The van der Waals surface area contributed by atoms with Crippen molar-refractivity contribution in [3.05, 3.63) is 0 Å². The quantitative estimate of drug-likeness (QED) is 0.793. The van der Waals surface area contributed by atoms with Crippen molar-refractivity contribution in [3.8, 4) is 0 Å². The minimum absolute atomic E-state index is 0.0150. The van der Waals surface area contributed by atoms with Crippen molar-refractivity contribution in [2.75, 3.05) is 27.2 Å². The lowest BCUT2D eigenvalue weighted by Gasteiger charge is -2.34. The topological polar surface area (TPSA) is 35.6 Å². The molecule has 0 bridgehead atoms. The largest absolute Gasteiger partial charge is 0.334 e. The van der Waals surface area contributed by atoms with Crippen LogP contribution in [0.5, 0.6) is 0 Å². The van der Waals surface area contributed by atoms with E-state index in [0.717, 1.165) is 25.9 Å². The first-order valence-corrected chi connectivity index (χ1v) is 6.09. The van der Waals surface area contributed by atoms with E-state index < -0.39 is 0 Å². The summed E-state index contributed by atoms with van der Waals surface area (Å²) in [6.45, 7) is 8.80. The van der Waals surface area contributed by atoms with Gasteiger partial charge in [0.05, 0.1) is 0 Å². The Morgan fingerprint density at radius 2 is 2.12 bits per heavy atom. The van der Waals surface area contributed by atoms with Crippen molar-refractivity contribution < 1.29 is 4.79 Å². The molecule has 1 rings (SSSR count). The Morgan fingerprint density at radius 3 is 2.62 bits per heavy atom. The molecule has 0 saturated carbocycles. The Morgan fingerprint density at radius 1 is 1.50 bits per heavy atom. The number of rotatable bonds is 3. The third-order valence-electron chi connectivity index (χ3n) is 3.64. The molecule has 0 unspecified atom stereocenters. The predicted octanol–water partition coefficient (Wildman–Crippen LogP) is 1.52. The van der Waals surface area contributed by atoms with E-state index in [1.54, 1.807) is 19.0 Å². The summed E-state index contributed by atoms with van der Waals surface area (Å²) in [7, 11) is 3.55. The van der Waals surface area contributed by atoms with E-state index in [-0.39, 0.29) is 11.6 Å². The summed E-state index contributed by atoms with van der Waals surface area (Å²) in [6, 6.07) is 0.321. The summed E-state index contributed by atoms with van der Waals surface area (Å²) in [5, 5.41) is 3.05. The van der Waals surface area contributed by atoms with Crippen molar-refractivity contribution in [1.29, 1.82) is 0 Å². The van der Waals surface area contributed by atoms with Gasteiger partial charge in [-0.05, 0) is 26.7 Å². The van der Waals surface area contributed by atoms with Gasteiger partial charge < -0.3 is 10.2 Å². The fourth-order valence-electron chi connectivity index (χ4n) is 1.96. The van der Waals surface area contributed by atoms with Gasteiger partial charge in [-0.3, -0.25) is 4.90 Å². The highest BCUT2D eigenvalue weighted by Gasteiger charge is 2.32. The summed E-state index contributed by atoms with van der Waals surface area (Å²) < 4.78 is 0. The van der Waals surface area contributed by atoms with Crippen molar-refractivity contribution in [2.45, 2.75) is 45.2 Å². The number of nitrogens with zero attached hydrogens (tertiary/aromatic N) is 2. The fraction of sp³-hybridized carbons (Fsp3) is 0.917. The normalized spacial score (nSPS) is 22.2. The van der Waals surface area contributed by atoms with E-state index >= 15 is 0 Å². The maximum Gasteiger partial charge on any atom is 0.317 e. The summed E-state index contributed by atoms with van der Waals surface area (Å²) >= 11 is 0. The van der Waals surface area contributed by atoms with Gasteiger partial charge in [-0.25, -0.2) is 4.79 Å². The molecular weight excluding hydrogens is 202 g/mol. The average molecular weight is 227 g/mol. The summed E-state index contributed by atoms with van der Waals surface area (Å²) in [5.41, 5.74) is 0.248. The van der Waals surface area contributed by atoms with E-state index in [9.17, 15) is 4.79 Å². The van der Waals surface area contributed by atoms with Gasteiger partial charge in [0.1, 0.15) is 0 Å². The van der Waals surface area contributed by atoms with E-state index in [1.165, 1.54) is 0 Å². The van der Waals surface area contributed by atoms with Crippen LogP contribution < -0.4 is 5.32 Å². The molecule has 4 nitrogen and oxygen atoms in total. The summed E-state index contributed by atoms with van der Waals surface area (Å²) in [6.07, 6.45) is 2.20. The highest BCUT2D eigenvalue weighted by molar-refractivity contribution is 5.73.